The molecular formula is C30H42N2O2S. The van der Waals surface area contributed by atoms with Crippen molar-refractivity contribution in [2.75, 3.05) is 6.26 Å². The van der Waals surface area contributed by atoms with E-state index in [9.17, 15) is 9.59 Å². The van der Waals surface area contributed by atoms with E-state index in [1.165, 1.54) is 4.90 Å². The Hall–Kier alpha value is -2.27. The summed E-state index contributed by atoms with van der Waals surface area (Å²) in [7, 11) is 0. The summed E-state index contributed by atoms with van der Waals surface area (Å²) >= 11 is 1.70. The van der Waals surface area contributed by atoms with E-state index in [-0.39, 0.29) is 22.6 Å². The lowest BCUT2D eigenvalue weighted by Crippen LogP contribution is -2.59. The molecule has 1 aliphatic rings. The Kier molecular flexibility index (Phi) is 8.41. The van der Waals surface area contributed by atoms with Crippen LogP contribution in [0.15, 0.2) is 47.4 Å². The van der Waals surface area contributed by atoms with Crippen LogP contribution >= 0.6 is 11.8 Å². The quantitative estimate of drug-likeness (QED) is 0.437. The topological polar surface area (TPSA) is 58.2 Å². The van der Waals surface area contributed by atoms with E-state index in [4.69, 9.17) is 0 Å². The first kappa shape index (κ1) is 27.3. The molecule has 0 aromatic heterocycles. The number of carbonyl (C=O) groups is 2. The maximum absolute atomic E-state index is 13.6. The predicted molar refractivity (Wildman–Crippen MR) is 147 cm³/mol. The van der Waals surface area contributed by atoms with Crippen molar-refractivity contribution in [3.05, 3.63) is 64.7 Å². The number of rotatable bonds is 6. The van der Waals surface area contributed by atoms with Gasteiger partial charge in [-0.1, -0.05) is 79.0 Å². The highest BCUT2D eigenvalue weighted by Crippen LogP contribution is 2.32. The molecule has 1 aliphatic carbocycles. The molecule has 4 nitrogen and oxygen atoms in total. The number of thioether (sulfide) groups is 1. The second-order valence-corrected chi connectivity index (χ2v) is 12.8. The second kappa shape index (κ2) is 10.8. The van der Waals surface area contributed by atoms with Crippen LogP contribution in [0.25, 0.3) is 0 Å². The van der Waals surface area contributed by atoms with Crippen LogP contribution in [0.3, 0.4) is 0 Å². The molecule has 2 N–H and O–H groups in total. The minimum atomic E-state index is -0.867. The molecule has 0 atom stereocenters. The molecule has 2 amide bonds. The molecule has 2 aromatic carbocycles. The number of nitrogens with one attached hydrogen (secondary N) is 2. The Labute approximate surface area is 216 Å². The van der Waals surface area contributed by atoms with Crippen LogP contribution in [0.5, 0.6) is 0 Å². The van der Waals surface area contributed by atoms with Gasteiger partial charge >= 0.3 is 0 Å². The van der Waals surface area contributed by atoms with Gasteiger partial charge in [-0.05, 0) is 70.9 Å². The largest absolute Gasteiger partial charge is 0.350 e. The van der Waals surface area contributed by atoms with Crippen LogP contribution in [-0.4, -0.2) is 23.6 Å². The van der Waals surface area contributed by atoms with E-state index in [2.05, 4.69) is 70.4 Å². The Bertz CT molecular complexity index is 1010. The van der Waals surface area contributed by atoms with Crippen molar-refractivity contribution in [1.82, 2.24) is 10.6 Å². The molecule has 0 unspecified atom stereocenters. The summed E-state index contributed by atoms with van der Waals surface area (Å²) in [4.78, 5) is 28.3. The molecule has 0 spiro atoms. The van der Waals surface area contributed by atoms with Gasteiger partial charge in [0.2, 0.25) is 5.91 Å². The molecule has 1 saturated carbocycles. The van der Waals surface area contributed by atoms with Crippen molar-refractivity contribution in [2.24, 2.45) is 0 Å². The summed E-state index contributed by atoms with van der Waals surface area (Å²) < 4.78 is 0. The van der Waals surface area contributed by atoms with Gasteiger partial charge in [-0.25, -0.2) is 0 Å². The summed E-state index contributed by atoms with van der Waals surface area (Å²) in [6.45, 7) is 13.4. The highest BCUT2D eigenvalue weighted by molar-refractivity contribution is 7.98. The highest BCUT2D eigenvalue weighted by atomic mass is 32.2. The number of hydrogen-bond donors (Lipinski definition) is 2. The van der Waals surface area contributed by atoms with E-state index < -0.39 is 5.54 Å². The van der Waals surface area contributed by atoms with Crippen LogP contribution in [0.4, 0.5) is 0 Å². The average molecular weight is 495 g/mol. The first-order chi connectivity index (χ1) is 16.3. The predicted octanol–water partition coefficient (Wildman–Crippen LogP) is 6.75. The summed E-state index contributed by atoms with van der Waals surface area (Å²) in [5.74, 6) is -0.245. The number of hydrogen-bond acceptors (Lipinski definition) is 3. The zero-order valence-corrected chi connectivity index (χ0v) is 23.3. The first-order valence-corrected chi connectivity index (χ1v) is 14.0. The van der Waals surface area contributed by atoms with Gasteiger partial charge < -0.3 is 10.6 Å². The fraction of sp³-hybridized carbons (Fsp3) is 0.533. The van der Waals surface area contributed by atoms with Gasteiger partial charge in [0.05, 0.1) is 0 Å². The Morgan fingerprint density at radius 3 is 1.89 bits per heavy atom. The van der Waals surface area contributed by atoms with Crippen LogP contribution in [0.1, 0.15) is 101 Å². The molecule has 0 radical (unpaired) electrons. The standard InChI is InChI=1S/C30H42N2O2S/c1-28(2,3)23-17-22(18-24(19-23)29(4,5)6)26(33)32-30(15-9-8-10-16-30)27(34)31-20-21-11-13-25(35-7)14-12-21/h11-14,17-19H,8-10,15-16,20H2,1-7H3,(H,31,34)(H,32,33). The lowest BCUT2D eigenvalue weighted by atomic mass is 9.78. The zero-order valence-electron chi connectivity index (χ0n) is 22.5. The molecule has 1 fully saturated rings. The Morgan fingerprint density at radius 2 is 1.40 bits per heavy atom. The van der Waals surface area contributed by atoms with Gasteiger partial charge in [0.1, 0.15) is 5.54 Å². The monoisotopic (exact) mass is 494 g/mol. The van der Waals surface area contributed by atoms with Gasteiger partial charge in [0.15, 0.2) is 0 Å². The Balaban J connectivity index is 1.84. The zero-order chi connectivity index (χ0) is 25.9. The van der Waals surface area contributed by atoms with E-state index >= 15 is 0 Å². The number of benzene rings is 2. The van der Waals surface area contributed by atoms with E-state index in [0.29, 0.717) is 24.9 Å². The summed E-state index contributed by atoms with van der Waals surface area (Å²) in [6.07, 6.45) is 6.35. The average Bonchev–Trinajstić information content (AvgIpc) is 2.82. The van der Waals surface area contributed by atoms with Crippen LogP contribution in [0.2, 0.25) is 0 Å². The third-order valence-corrected chi connectivity index (χ3v) is 7.78. The SMILES string of the molecule is CSc1ccc(CNC(=O)C2(NC(=O)c3cc(C(C)(C)C)cc(C(C)(C)C)c3)CCCCC2)cc1. The van der Waals surface area contributed by atoms with Crippen LogP contribution in [0, 0.1) is 0 Å². The van der Waals surface area contributed by atoms with Crippen LogP contribution < -0.4 is 10.6 Å². The molecule has 190 valence electrons. The molecular weight excluding hydrogens is 452 g/mol. The minimum absolute atomic E-state index is 0.0810. The molecule has 35 heavy (non-hydrogen) atoms. The lowest BCUT2D eigenvalue weighted by molar-refractivity contribution is -0.128. The van der Waals surface area contributed by atoms with Gasteiger partial charge in [0, 0.05) is 17.0 Å². The van der Waals surface area contributed by atoms with Crippen molar-refractivity contribution < 1.29 is 9.59 Å². The second-order valence-electron chi connectivity index (χ2n) is 11.9. The fourth-order valence-corrected chi connectivity index (χ4v) is 4.98. The minimum Gasteiger partial charge on any atom is -0.350 e. The number of carbonyl (C=O) groups excluding carboxylic acids is 2. The normalized spacial score (nSPS) is 16.0. The molecule has 0 aliphatic heterocycles. The Morgan fingerprint density at radius 1 is 0.857 bits per heavy atom. The third kappa shape index (κ3) is 6.91. The van der Waals surface area contributed by atoms with Crippen molar-refractivity contribution in [3.63, 3.8) is 0 Å². The summed E-state index contributed by atoms with van der Waals surface area (Å²) in [5, 5.41) is 6.32. The van der Waals surface area contributed by atoms with Crippen LogP contribution in [-0.2, 0) is 22.2 Å². The van der Waals surface area contributed by atoms with Crippen molar-refractivity contribution >= 4 is 23.6 Å². The first-order valence-electron chi connectivity index (χ1n) is 12.7. The molecule has 0 saturated heterocycles. The van der Waals surface area contributed by atoms with E-state index in [1.54, 1.807) is 11.8 Å². The summed E-state index contributed by atoms with van der Waals surface area (Å²) in [6, 6.07) is 14.4. The van der Waals surface area contributed by atoms with Gasteiger partial charge in [0.25, 0.3) is 5.91 Å². The summed E-state index contributed by atoms with van der Waals surface area (Å²) in [5.41, 5.74) is 2.92. The van der Waals surface area contributed by atoms with Crippen molar-refractivity contribution in [1.29, 1.82) is 0 Å². The lowest BCUT2D eigenvalue weighted by Gasteiger charge is -2.37. The molecule has 2 aromatic rings. The van der Waals surface area contributed by atoms with E-state index in [0.717, 1.165) is 36.0 Å². The van der Waals surface area contributed by atoms with Gasteiger partial charge in [-0.2, -0.15) is 0 Å². The van der Waals surface area contributed by atoms with Crippen molar-refractivity contribution in [2.45, 2.75) is 101 Å². The highest BCUT2D eigenvalue weighted by Gasteiger charge is 2.41. The molecule has 3 rings (SSSR count). The molecule has 5 heteroatoms. The maximum Gasteiger partial charge on any atom is 0.252 e. The van der Waals surface area contributed by atoms with Gasteiger partial charge in [-0.15, -0.1) is 11.8 Å². The maximum atomic E-state index is 13.6. The molecule has 0 bridgehead atoms. The van der Waals surface area contributed by atoms with Gasteiger partial charge in [-0.3, -0.25) is 9.59 Å². The third-order valence-electron chi connectivity index (χ3n) is 7.03. The van der Waals surface area contributed by atoms with E-state index in [1.807, 2.05) is 30.5 Å². The number of amides is 2. The molecule has 0 heterocycles. The van der Waals surface area contributed by atoms with Crippen molar-refractivity contribution in [3.8, 4) is 0 Å². The smallest absolute Gasteiger partial charge is 0.252 e. The fourth-order valence-electron chi connectivity index (χ4n) is 4.57.